The molecule has 1 unspecified atom stereocenters. The fourth-order valence-corrected chi connectivity index (χ4v) is 3.99. The van der Waals surface area contributed by atoms with E-state index in [1.807, 2.05) is 42.5 Å². The number of thiophene rings is 1. The molecule has 2 aromatic rings. The smallest absolute Gasteiger partial charge is 0.190 e. The van der Waals surface area contributed by atoms with E-state index < -0.39 is 0 Å². The lowest BCUT2D eigenvalue weighted by molar-refractivity contribution is 0.185. The van der Waals surface area contributed by atoms with Crippen LogP contribution in [0.1, 0.15) is 22.0 Å². The first-order chi connectivity index (χ1) is 11.5. The number of hydrogen-bond acceptors (Lipinski definition) is 3. The summed E-state index contributed by atoms with van der Waals surface area (Å²) >= 11 is 7.92. The molecule has 1 aliphatic heterocycles. The van der Waals surface area contributed by atoms with Gasteiger partial charge in [0, 0.05) is 37.1 Å². The van der Waals surface area contributed by atoms with Gasteiger partial charge in [0.05, 0.1) is 12.6 Å². The second-order valence-corrected chi connectivity index (χ2v) is 7.69. The van der Waals surface area contributed by atoms with Gasteiger partial charge in [-0.3, -0.25) is 9.89 Å². The molecule has 0 saturated heterocycles. The van der Waals surface area contributed by atoms with Crippen LogP contribution in [0.15, 0.2) is 40.7 Å². The SMILES string of the molecule is CN(C)C(N)=NCC(c1ccc(Cl)cc1)N1CCc2sccc2C1. The van der Waals surface area contributed by atoms with Gasteiger partial charge in [0.1, 0.15) is 0 Å². The van der Waals surface area contributed by atoms with Crippen molar-refractivity contribution in [1.29, 1.82) is 0 Å². The first kappa shape index (κ1) is 17.3. The van der Waals surface area contributed by atoms with Crippen LogP contribution < -0.4 is 5.73 Å². The molecular formula is C18H23ClN4S. The lowest BCUT2D eigenvalue weighted by atomic mass is 10.0. The quantitative estimate of drug-likeness (QED) is 0.670. The molecule has 1 aromatic carbocycles. The molecule has 0 bridgehead atoms. The predicted molar refractivity (Wildman–Crippen MR) is 103 cm³/mol. The second-order valence-electron chi connectivity index (χ2n) is 6.25. The fourth-order valence-electron chi connectivity index (χ4n) is 2.97. The van der Waals surface area contributed by atoms with E-state index in [0.29, 0.717) is 12.5 Å². The van der Waals surface area contributed by atoms with Crippen molar-refractivity contribution in [2.75, 3.05) is 27.2 Å². The summed E-state index contributed by atoms with van der Waals surface area (Å²) in [6.07, 6.45) is 1.10. The van der Waals surface area contributed by atoms with Crippen molar-refractivity contribution >= 4 is 28.9 Å². The minimum atomic E-state index is 0.203. The number of nitrogens with zero attached hydrogens (tertiary/aromatic N) is 3. The van der Waals surface area contributed by atoms with E-state index in [0.717, 1.165) is 24.5 Å². The summed E-state index contributed by atoms with van der Waals surface area (Å²) < 4.78 is 0. The largest absolute Gasteiger partial charge is 0.370 e. The molecule has 6 heteroatoms. The zero-order valence-corrected chi connectivity index (χ0v) is 15.6. The van der Waals surface area contributed by atoms with Crippen molar-refractivity contribution in [3.8, 4) is 0 Å². The lowest BCUT2D eigenvalue weighted by Crippen LogP contribution is -2.36. The Labute approximate surface area is 152 Å². The Balaban J connectivity index is 1.84. The number of fused-ring (bicyclic) bond motifs is 1. The van der Waals surface area contributed by atoms with E-state index in [2.05, 4.69) is 33.5 Å². The van der Waals surface area contributed by atoms with E-state index in [-0.39, 0.29) is 6.04 Å². The Morgan fingerprint density at radius 1 is 1.33 bits per heavy atom. The third-order valence-electron chi connectivity index (χ3n) is 4.42. The van der Waals surface area contributed by atoms with Crippen molar-refractivity contribution in [2.45, 2.75) is 19.0 Å². The topological polar surface area (TPSA) is 44.9 Å². The molecule has 0 radical (unpaired) electrons. The molecular weight excluding hydrogens is 340 g/mol. The third-order valence-corrected chi connectivity index (χ3v) is 5.69. The minimum absolute atomic E-state index is 0.203. The zero-order valence-electron chi connectivity index (χ0n) is 14.1. The third kappa shape index (κ3) is 3.91. The average Bonchev–Trinajstić information content (AvgIpc) is 3.04. The van der Waals surface area contributed by atoms with Crippen LogP contribution in [0.3, 0.4) is 0 Å². The molecule has 0 saturated carbocycles. The molecule has 128 valence electrons. The maximum absolute atomic E-state index is 6.06. The Morgan fingerprint density at radius 2 is 2.08 bits per heavy atom. The Hall–Kier alpha value is -1.56. The van der Waals surface area contributed by atoms with Crippen LogP contribution in [0, 0.1) is 0 Å². The van der Waals surface area contributed by atoms with E-state index in [9.17, 15) is 0 Å². The number of aliphatic imine (C=N–C) groups is 1. The monoisotopic (exact) mass is 362 g/mol. The molecule has 3 rings (SSSR count). The van der Waals surface area contributed by atoms with Crippen molar-refractivity contribution in [1.82, 2.24) is 9.80 Å². The van der Waals surface area contributed by atoms with Crippen LogP contribution >= 0.6 is 22.9 Å². The highest BCUT2D eigenvalue weighted by molar-refractivity contribution is 7.10. The van der Waals surface area contributed by atoms with Crippen LogP contribution in [0.4, 0.5) is 0 Å². The zero-order chi connectivity index (χ0) is 17.1. The number of halogens is 1. The van der Waals surface area contributed by atoms with Gasteiger partial charge in [0.15, 0.2) is 5.96 Å². The standard InChI is InChI=1S/C18H23ClN4S/c1-22(2)18(20)21-11-16(13-3-5-15(19)6-4-13)23-9-7-17-14(12-23)8-10-24-17/h3-6,8,10,16H,7,9,11-12H2,1-2H3,(H2,20,21). The molecule has 0 aliphatic carbocycles. The molecule has 4 nitrogen and oxygen atoms in total. The normalized spacial score (nSPS) is 16.7. The van der Waals surface area contributed by atoms with Gasteiger partial charge < -0.3 is 10.6 Å². The summed E-state index contributed by atoms with van der Waals surface area (Å²) in [4.78, 5) is 10.4. The van der Waals surface area contributed by atoms with Gasteiger partial charge in [-0.25, -0.2) is 0 Å². The molecule has 2 heterocycles. The number of nitrogens with two attached hydrogens (primary N) is 1. The summed E-state index contributed by atoms with van der Waals surface area (Å²) in [5.41, 5.74) is 8.66. The highest BCUT2D eigenvalue weighted by Gasteiger charge is 2.25. The minimum Gasteiger partial charge on any atom is -0.370 e. The van der Waals surface area contributed by atoms with Gasteiger partial charge in [0.25, 0.3) is 0 Å². The summed E-state index contributed by atoms with van der Waals surface area (Å²) in [6.45, 7) is 2.65. The molecule has 1 atom stereocenters. The second kappa shape index (κ2) is 7.55. The van der Waals surface area contributed by atoms with Crippen molar-refractivity contribution in [2.24, 2.45) is 10.7 Å². The van der Waals surface area contributed by atoms with Crippen molar-refractivity contribution in [3.63, 3.8) is 0 Å². The Morgan fingerprint density at radius 3 is 2.79 bits per heavy atom. The van der Waals surface area contributed by atoms with E-state index in [4.69, 9.17) is 17.3 Å². The summed E-state index contributed by atoms with van der Waals surface area (Å²) in [5.74, 6) is 0.558. The Bertz CT molecular complexity index is 708. The van der Waals surface area contributed by atoms with Crippen LogP contribution in [0.5, 0.6) is 0 Å². The highest BCUT2D eigenvalue weighted by atomic mass is 35.5. The van der Waals surface area contributed by atoms with Crippen molar-refractivity contribution in [3.05, 3.63) is 56.7 Å². The predicted octanol–water partition coefficient (Wildman–Crippen LogP) is 3.38. The van der Waals surface area contributed by atoms with E-state index in [1.165, 1.54) is 16.0 Å². The summed E-state index contributed by atoms with van der Waals surface area (Å²) in [5, 5.41) is 2.95. The summed E-state index contributed by atoms with van der Waals surface area (Å²) in [6, 6.07) is 10.5. The fraction of sp³-hybridized carbons (Fsp3) is 0.389. The van der Waals surface area contributed by atoms with Gasteiger partial charge >= 0.3 is 0 Å². The Kier molecular flexibility index (Phi) is 5.43. The number of guanidine groups is 1. The van der Waals surface area contributed by atoms with Gasteiger partial charge in [-0.2, -0.15) is 0 Å². The number of hydrogen-bond donors (Lipinski definition) is 1. The molecule has 1 aromatic heterocycles. The van der Waals surface area contributed by atoms with Crippen LogP contribution in [-0.4, -0.2) is 42.9 Å². The van der Waals surface area contributed by atoms with E-state index in [1.54, 1.807) is 0 Å². The molecule has 2 N–H and O–H groups in total. The van der Waals surface area contributed by atoms with Crippen LogP contribution in [-0.2, 0) is 13.0 Å². The summed E-state index contributed by atoms with van der Waals surface area (Å²) in [7, 11) is 3.82. The molecule has 1 aliphatic rings. The maximum Gasteiger partial charge on any atom is 0.190 e. The first-order valence-corrected chi connectivity index (χ1v) is 9.32. The molecule has 0 spiro atoms. The van der Waals surface area contributed by atoms with Gasteiger partial charge in [-0.1, -0.05) is 23.7 Å². The highest BCUT2D eigenvalue weighted by Crippen LogP contribution is 2.31. The first-order valence-electron chi connectivity index (χ1n) is 8.06. The maximum atomic E-state index is 6.06. The molecule has 0 fully saturated rings. The van der Waals surface area contributed by atoms with Crippen LogP contribution in [0.25, 0.3) is 0 Å². The van der Waals surface area contributed by atoms with Gasteiger partial charge in [0.2, 0.25) is 0 Å². The molecule has 24 heavy (non-hydrogen) atoms. The number of benzene rings is 1. The number of rotatable bonds is 4. The molecule has 0 amide bonds. The van der Waals surface area contributed by atoms with Gasteiger partial charge in [-0.15, -0.1) is 11.3 Å². The van der Waals surface area contributed by atoms with Crippen LogP contribution in [0.2, 0.25) is 5.02 Å². The average molecular weight is 363 g/mol. The lowest BCUT2D eigenvalue weighted by Gasteiger charge is -2.34. The van der Waals surface area contributed by atoms with Gasteiger partial charge in [-0.05, 0) is 41.1 Å². The van der Waals surface area contributed by atoms with Crippen molar-refractivity contribution < 1.29 is 0 Å². The van der Waals surface area contributed by atoms with E-state index >= 15 is 0 Å².